The fraction of sp³-hybridized carbons (Fsp3) is 1.00. The second-order valence-electron chi connectivity index (χ2n) is 5.83. The Kier molecular flexibility index (Phi) is 6.45. The number of hydrogen-bond acceptors (Lipinski definition) is 3. The predicted octanol–water partition coefficient (Wildman–Crippen LogP) is 2.39. The highest BCUT2D eigenvalue weighted by molar-refractivity contribution is 4.79. The molecule has 1 aliphatic rings. The van der Waals surface area contributed by atoms with Gasteiger partial charge in [0.25, 0.3) is 0 Å². The van der Waals surface area contributed by atoms with Gasteiger partial charge in [0.2, 0.25) is 0 Å². The molecule has 0 heterocycles. The lowest BCUT2D eigenvalue weighted by Gasteiger charge is -2.36. The molecule has 0 aromatic rings. The van der Waals surface area contributed by atoms with Crippen LogP contribution in [-0.2, 0) is 4.74 Å². The molecule has 1 fully saturated rings. The molecule has 102 valence electrons. The molecule has 0 bridgehead atoms. The Morgan fingerprint density at radius 1 is 1.18 bits per heavy atom. The second kappa shape index (κ2) is 7.34. The number of nitrogens with zero attached hydrogens (tertiary/aromatic N) is 1. The van der Waals surface area contributed by atoms with Crippen molar-refractivity contribution in [2.45, 2.75) is 64.0 Å². The van der Waals surface area contributed by atoms with Crippen LogP contribution in [0.1, 0.15) is 52.4 Å². The molecule has 0 saturated heterocycles. The molecule has 0 aromatic carbocycles. The normalized spacial score (nSPS) is 18.9. The van der Waals surface area contributed by atoms with Gasteiger partial charge in [-0.3, -0.25) is 4.90 Å². The van der Waals surface area contributed by atoms with Gasteiger partial charge in [-0.2, -0.15) is 0 Å². The first-order valence-electron chi connectivity index (χ1n) is 7.08. The van der Waals surface area contributed by atoms with Crippen LogP contribution in [-0.4, -0.2) is 43.3 Å². The smallest absolute Gasteiger partial charge is 0.0634 e. The summed E-state index contributed by atoms with van der Waals surface area (Å²) in [4.78, 5) is 2.58. The zero-order chi connectivity index (χ0) is 12.7. The third-order valence-corrected chi connectivity index (χ3v) is 4.06. The molecule has 2 N–H and O–H groups in total. The molecule has 3 heteroatoms. The summed E-state index contributed by atoms with van der Waals surface area (Å²) in [6, 6.07) is 0.764. The quantitative estimate of drug-likeness (QED) is 0.745. The van der Waals surface area contributed by atoms with E-state index in [-0.39, 0.29) is 5.60 Å². The second-order valence-corrected chi connectivity index (χ2v) is 5.83. The van der Waals surface area contributed by atoms with E-state index in [0.29, 0.717) is 0 Å². The zero-order valence-corrected chi connectivity index (χ0v) is 11.9. The highest BCUT2D eigenvalue weighted by Crippen LogP contribution is 2.24. The van der Waals surface area contributed by atoms with Gasteiger partial charge in [0.15, 0.2) is 0 Å². The largest absolute Gasteiger partial charge is 0.379 e. The summed E-state index contributed by atoms with van der Waals surface area (Å²) in [5.41, 5.74) is 5.72. The standard InChI is InChI=1S/C14H30N2O/c1-14(2,17-3)9-11-16(12-10-15)13-7-5-4-6-8-13/h13H,4-12,15H2,1-3H3. The van der Waals surface area contributed by atoms with Gasteiger partial charge >= 0.3 is 0 Å². The van der Waals surface area contributed by atoms with E-state index in [0.717, 1.165) is 32.1 Å². The minimum atomic E-state index is -0.0124. The van der Waals surface area contributed by atoms with Crippen LogP contribution in [0.2, 0.25) is 0 Å². The molecule has 1 rings (SSSR count). The Bertz CT molecular complexity index is 200. The van der Waals surface area contributed by atoms with Crippen molar-refractivity contribution in [3.63, 3.8) is 0 Å². The van der Waals surface area contributed by atoms with Crippen molar-refractivity contribution >= 4 is 0 Å². The van der Waals surface area contributed by atoms with Crippen LogP contribution in [0, 0.1) is 0 Å². The van der Waals surface area contributed by atoms with E-state index in [1.807, 2.05) is 0 Å². The van der Waals surface area contributed by atoms with Gasteiger partial charge in [0, 0.05) is 32.8 Å². The van der Waals surface area contributed by atoms with Crippen LogP contribution >= 0.6 is 0 Å². The van der Waals surface area contributed by atoms with Gasteiger partial charge in [0.05, 0.1) is 5.60 Å². The molecule has 0 atom stereocenters. The maximum absolute atomic E-state index is 5.74. The summed E-state index contributed by atoms with van der Waals surface area (Å²) >= 11 is 0. The summed E-state index contributed by atoms with van der Waals surface area (Å²) in [5, 5.41) is 0. The van der Waals surface area contributed by atoms with E-state index < -0.39 is 0 Å². The average Bonchev–Trinajstić information content (AvgIpc) is 2.35. The van der Waals surface area contributed by atoms with Crippen LogP contribution in [0.25, 0.3) is 0 Å². The lowest BCUT2D eigenvalue weighted by atomic mass is 9.93. The van der Waals surface area contributed by atoms with E-state index in [2.05, 4.69) is 18.7 Å². The van der Waals surface area contributed by atoms with Gasteiger partial charge in [0.1, 0.15) is 0 Å². The lowest BCUT2D eigenvalue weighted by Crippen LogP contribution is -2.42. The SMILES string of the molecule is COC(C)(C)CCN(CCN)C1CCCCC1. The molecule has 1 aliphatic carbocycles. The minimum Gasteiger partial charge on any atom is -0.379 e. The zero-order valence-electron chi connectivity index (χ0n) is 11.9. The van der Waals surface area contributed by atoms with Crippen molar-refractivity contribution < 1.29 is 4.74 Å². The Balaban J connectivity index is 2.41. The Hall–Kier alpha value is -0.120. The van der Waals surface area contributed by atoms with E-state index in [1.54, 1.807) is 7.11 Å². The number of nitrogens with two attached hydrogens (primary N) is 1. The molecule has 0 aliphatic heterocycles. The summed E-state index contributed by atoms with van der Waals surface area (Å²) in [5.74, 6) is 0. The number of rotatable bonds is 7. The van der Waals surface area contributed by atoms with Crippen LogP contribution in [0.4, 0.5) is 0 Å². The molecule has 0 spiro atoms. The predicted molar refractivity (Wildman–Crippen MR) is 73.2 cm³/mol. The van der Waals surface area contributed by atoms with Gasteiger partial charge in [-0.25, -0.2) is 0 Å². The molecule has 0 radical (unpaired) electrons. The van der Waals surface area contributed by atoms with Crippen molar-refractivity contribution in [3.8, 4) is 0 Å². The maximum atomic E-state index is 5.74. The number of methoxy groups -OCH3 is 1. The Morgan fingerprint density at radius 3 is 2.35 bits per heavy atom. The highest BCUT2D eigenvalue weighted by Gasteiger charge is 2.23. The van der Waals surface area contributed by atoms with Crippen molar-refractivity contribution in [2.24, 2.45) is 5.73 Å². The molecular formula is C14H30N2O. The van der Waals surface area contributed by atoms with E-state index in [9.17, 15) is 0 Å². The van der Waals surface area contributed by atoms with Crippen LogP contribution in [0.5, 0.6) is 0 Å². The lowest BCUT2D eigenvalue weighted by molar-refractivity contribution is 0.00243. The Morgan fingerprint density at radius 2 is 1.82 bits per heavy atom. The fourth-order valence-corrected chi connectivity index (χ4v) is 2.60. The molecule has 0 unspecified atom stereocenters. The summed E-state index contributed by atoms with van der Waals surface area (Å²) < 4.78 is 5.50. The molecule has 0 aromatic heterocycles. The van der Waals surface area contributed by atoms with Crippen LogP contribution in [0.15, 0.2) is 0 Å². The van der Waals surface area contributed by atoms with Crippen molar-refractivity contribution in [1.29, 1.82) is 0 Å². The van der Waals surface area contributed by atoms with Gasteiger partial charge in [-0.15, -0.1) is 0 Å². The van der Waals surface area contributed by atoms with Crippen LogP contribution in [0.3, 0.4) is 0 Å². The van der Waals surface area contributed by atoms with Crippen molar-refractivity contribution in [3.05, 3.63) is 0 Å². The monoisotopic (exact) mass is 242 g/mol. The van der Waals surface area contributed by atoms with Crippen LogP contribution < -0.4 is 5.73 Å². The maximum Gasteiger partial charge on any atom is 0.0634 e. The number of ether oxygens (including phenoxy) is 1. The molecule has 17 heavy (non-hydrogen) atoms. The molecule has 0 amide bonds. The first kappa shape index (κ1) is 14.9. The third kappa shape index (κ3) is 5.36. The average molecular weight is 242 g/mol. The van der Waals surface area contributed by atoms with E-state index >= 15 is 0 Å². The topological polar surface area (TPSA) is 38.5 Å². The summed E-state index contributed by atoms with van der Waals surface area (Å²) in [6.45, 7) is 7.24. The van der Waals surface area contributed by atoms with Crippen molar-refractivity contribution in [2.75, 3.05) is 26.7 Å². The van der Waals surface area contributed by atoms with Gasteiger partial charge in [-0.1, -0.05) is 19.3 Å². The minimum absolute atomic E-state index is 0.0124. The van der Waals surface area contributed by atoms with Gasteiger partial charge < -0.3 is 10.5 Å². The summed E-state index contributed by atoms with van der Waals surface area (Å²) in [7, 11) is 1.80. The number of hydrogen-bond donors (Lipinski definition) is 1. The molecule has 3 nitrogen and oxygen atoms in total. The Labute approximate surface area is 107 Å². The van der Waals surface area contributed by atoms with E-state index in [1.165, 1.54) is 32.1 Å². The summed E-state index contributed by atoms with van der Waals surface area (Å²) in [6.07, 6.45) is 7.98. The third-order valence-electron chi connectivity index (χ3n) is 4.06. The first-order chi connectivity index (χ1) is 8.09. The molecular weight excluding hydrogens is 212 g/mol. The fourth-order valence-electron chi connectivity index (χ4n) is 2.60. The molecule has 1 saturated carbocycles. The first-order valence-corrected chi connectivity index (χ1v) is 7.08. The highest BCUT2D eigenvalue weighted by atomic mass is 16.5. The van der Waals surface area contributed by atoms with Crippen molar-refractivity contribution in [1.82, 2.24) is 4.90 Å². The van der Waals surface area contributed by atoms with Gasteiger partial charge in [-0.05, 0) is 33.1 Å². The van der Waals surface area contributed by atoms with E-state index in [4.69, 9.17) is 10.5 Å².